The van der Waals surface area contributed by atoms with Gasteiger partial charge in [-0.05, 0) is 17.5 Å². The third-order valence-corrected chi connectivity index (χ3v) is 4.80. The second-order valence-electron chi connectivity index (χ2n) is 3.87. The predicted octanol–water partition coefficient (Wildman–Crippen LogP) is 2.42. The van der Waals surface area contributed by atoms with Crippen molar-refractivity contribution in [1.29, 1.82) is 0 Å². The van der Waals surface area contributed by atoms with Crippen LogP contribution >= 0.6 is 24.0 Å². The lowest BCUT2D eigenvalue weighted by atomic mass is 10.0. The van der Waals surface area contributed by atoms with Crippen LogP contribution in [0, 0.1) is 0 Å². The van der Waals surface area contributed by atoms with Gasteiger partial charge >= 0.3 is 0 Å². The lowest BCUT2D eigenvalue weighted by Crippen LogP contribution is -2.40. The Kier molecular flexibility index (Phi) is 2.23. The summed E-state index contributed by atoms with van der Waals surface area (Å²) < 4.78 is 0.983. The highest BCUT2D eigenvalue weighted by Gasteiger charge is 2.38. The van der Waals surface area contributed by atoms with Gasteiger partial charge in [0.2, 0.25) is 0 Å². The Bertz CT molecular complexity index is 419. The Morgan fingerprint density at radius 3 is 3.07 bits per heavy atom. The topological polar surface area (TPSA) is 6.48 Å². The maximum absolute atomic E-state index is 5.33. The largest absolute Gasteiger partial charge is 0.292 e. The summed E-state index contributed by atoms with van der Waals surface area (Å²) in [5.74, 6) is 0. The van der Waals surface area contributed by atoms with Crippen molar-refractivity contribution in [3.63, 3.8) is 0 Å². The second kappa shape index (κ2) is 3.47. The van der Waals surface area contributed by atoms with E-state index in [1.807, 2.05) is 0 Å². The molecule has 0 N–H and O–H groups in total. The molecule has 0 aromatic heterocycles. The molecule has 15 heavy (non-hydrogen) atoms. The molecular weight excluding hydrogens is 224 g/mol. The number of thiocarbonyl (C=S) groups is 1. The van der Waals surface area contributed by atoms with Crippen LogP contribution < -0.4 is 0 Å². The number of rotatable bonds is 0. The van der Waals surface area contributed by atoms with E-state index in [-0.39, 0.29) is 0 Å². The van der Waals surface area contributed by atoms with E-state index in [2.05, 4.69) is 41.3 Å². The van der Waals surface area contributed by atoms with Crippen molar-refractivity contribution in [2.24, 2.45) is 0 Å². The van der Waals surface area contributed by atoms with E-state index in [0.29, 0.717) is 5.37 Å². The van der Waals surface area contributed by atoms with Gasteiger partial charge in [-0.15, -0.1) is 0 Å². The fourth-order valence-electron chi connectivity index (χ4n) is 2.22. The smallest absolute Gasteiger partial charge is 0.152 e. The molecule has 1 aromatic carbocycles. The standard InChI is InChI=1S/C11H12N2S2/c1-12-11(14)15-10-9-5-3-2-4-8(9)6-7-13(10)12/h2-5,10H,6-7H2,1H3/t10-/m1/s1. The SMILES string of the molecule is CN1C(=S)S[C@@H]2c3ccccc3CCN21. The molecule has 3 rings (SSSR count). The van der Waals surface area contributed by atoms with Gasteiger partial charge in [0, 0.05) is 13.6 Å². The molecular formula is C11H12N2S2. The number of nitrogens with zero attached hydrogens (tertiary/aromatic N) is 2. The summed E-state index contributed by atoms with van der Waals surface area (Å²) in [6.07, 6.45) is 1.13. The predicted molar refractivity (Wildman–Crippen MR) is 67.5 cm³/mol. The van der Waals surface area contributed by atoms with Crippen LogP contribution in [-0.2, 0) is 6.42 Å². The molecule has 2 aliphatic heterocycles. The normalized spacial score (nSPS) is 25.3. The Morgan fingerprint density at radius 2 is 2.20 bits per heavy atom. The first-order valence-corrected chi connectivity index (χ1v) is 6.35. The van der Waals surface area contributed by atoms with Crippen LogP contribution in [0.1, 0.15) is 16.5 Å². The highest BCUT2D eigenvalue weighted by atomic mass is 32.2. The highest BCUT2D eigenvalue weighted by Crippen LogP contribution is 2.45. The molecule has 4 heteroatoms. The number of hydrazine groups is 1. The van der Waals surface area contributed by atoms with E-state index in [1.165, 1.54) is 11.1 Å². The molecule has 2 nitrogen and oxygen atoms in total. The van der Waals surface area contributed by atoms with E-state index in [1.54, 1.807) is 11.8 Å². The maximum atomic E-state index is 5.33. The van der Waals surface area contributed by atoms with E-state index in [0.717, 1.165) is 17.3 Å². The third kappa shape index (κ3) is 1.40. The summed E-state index contributed by atoms with van der Waals surface area (Å²) >= 11 is 7.12. The Morgan fingerprint density at radius 1 is 1.40 bits per heavy atom. The summed E-state index contributed by atoms with van der Waals surface area (Å²) in [5, 5.41) is 4.88. The molecule has 1 saturated heterocycles. The average molecular weight is 236 g/mol. The summed E-state index contributed by atoms with van der Waals surface area (Å²) in [5.41, 5.74) is 2.91. The van der Waals surface area contributed by atoms with Gasteiger partial charge < -0.3 is 0 Å². The maximum Gasteiger partial charge on any atom is 0.152 e. The molecule has 0 saturated carbocycles. The molecule has 78 valence electrons. The number of hydrogen-bond acceptors (Lipinski definition) is 3. The molecule has 1 aromatic rings. The van der Waals surface area contributed by atoms with Gasteiger partial charge in [-0.3, -0.25) is 5.01 Å². The molecule has 1 atom stereocenters. The number of fused-ring (bicyclic) bond motifs is 3. The first-order valence-electron chi connectivity index (χ1n) is 5.06. The van der Waals surface area contributed by atoms with Gasteiger partial charge in [0.25, 0.3) is 0 Å². The minimum Gasteiger partial charge on any atom is -0.292 e. The van der Waals surface area contributed by atoms with Crippen LogP contribution in [0.2, 0.25) is 0 Å². The van der Waals surface area contributed by atoms with Gasteiger partial charge in [0.1, 0.15) is 5.37 Å². The van der Waals surface area contributed by atoms with Crippen molar-refractivity contribution < 1.29 is 0 Å². The van der Waals surface area contributed by atoms with E-state index in [4.69, 9.17) is 12.2 Å². The molecule has 0 bridgehead atoms. The van der Waals surface area contributed by atoms with Crippen LogP contribution in [0.25, 0.3) is 0 Å². The van der Waals surface area contributed by atoms with Crippen LogP contribution in [0.4, 0.5) is 0 Å². The number of hydrogen-bond donors (Lipinski definition) is 0. The van der Waals surface area contributed by atoms with Gasteiger partial charge in [-0.1, -0.05) is 48.2 Å². The summed E-state index contributed by atoms with van der Waals surface area (Å²) in [7, 11) is 2.06. The Labute approximate surface area is 99.2 Å². The van der Waals surface area contributed by atoms with Crippen molar-refractivity contribution in [3.8, 4) is 0 Å². The van der Waals surface area contributed by atoms with Gasteiger partial charge in [0.15, 0.2) is 4.32 Å². The summed E-state index contributed by atoms with van der Waals surface area (Å²) in [6, 6.07) is 8.69. The Hall–Kier alpha value is -0.580. The summed E-state index contributed by atoms with van der Waals surface area (Å²) in [4.78, 5) is 0. The molecule has 0 amide bonds. The summed E-state index contributed by atoms with van der Waals surface area (Å²) in [6.45, 7) is 1.07. The molecule has 2 heterocycles. The lowest BCUT2D eigenvalue weighted by molar-refractivity contribution is 0.0652. The minimum atomic E-state index is 0.410. The van der Waals surface area contributed by atoms with Crippen molar-refractivity contribution >= 4 is 28.3 Å². The van der Waals surface area contributed by atoms with Crippen molar-refractivity contribution in [1.82, 2.24) is 10.0 Å². The second-order valence-corrected chi connectivity index (χ2v) is 5.59. The quantitative estimate of drug-likeness (QED) is 0.638. The van der Waals surface area contributed by atoms with Gasteiger partial charge in [-0.25, -0.2) is 5.01 Å². The molecule has 0 radical (unpaired) electrons. The molecule has 1 fully saturated rings. The zero-order chi connectivity index (χ0) is 10.4. The first-order chi connectivity index (χ1) is 7.27. The highest BCUT2D eigenvalue weighted by molar-refractivity contribution is 8.23. The molecule has 0 aliphatic carbocycles. The van der Waals surface area contributed by atoms with E-state index < -0.39 is 0 Å². The molecule has 2 aliphatic rings. The van der Waals surface area contributed by atoms with Crippen molar-refractivity contribution in [3.05, 3.63) is 35.4 Å². The molecule has 0 unspecified atom stereocenters. The first kappa shape index (κ1) is 9.63. The molecule has 0 spiro atoms. The average Bonchev–Trinajstić information content (AvgIpc) is 2.56. The minimum absolute atomic E-state index is 0.410. The lowest BCUT2D eigenvalue weighted by Gasteiger charge is -2.34. The van der Waals surface area contributed by atoms with E-state index in [9.17, 15) is 0 Å². The van der Waals surface area contributed by atoms with Crippen LogP contribution in [-0.4, -0.2) is 27.9 Å². The monoisotopic (exact) mass is 236 g/mol. The Balaban J connectivity index is 2.05. The zero-order valence-electron chi connectivity index (χ0n) is 8.51. The van der Waals surface area contributed by atoms with Gasteiger partial charge in [0.05, 0.1) is 0 Å². The number of benzene rings is 1. The van der Waals surface area contributed by atoms with Crippen molar-refractivity contribution in [2.75, 3.05) is 13.6 Å². The zero-order valence-corrected chi connectivity index (χ0v) is 10.1. The van der Waals surface area contributed by atoms with E-state index >= 15 is 0 Å². The fraction of sp³-hybridized carbons (Fsp3) is 0.364. The van der Waals surface area contributed by atoms with Crippen molar-refractivity contribution in [2.45, 2.75) is 11.8 Å². The van der Waals surface area contributed by atoms with Crippen LogP contribution in [0.15, 0.2) is 24.3 Å². The van der Waals surface area contributed by atoms with Crippen LogP contribution in [0.5, 0.6) is 0 Å². The number of thioether (sulfide) groups is 1. The van der Waals surface area contributed by atoms with Crippen LogP contribution in [0.3, 0.4) is 0 Å². The van der Waals surface area contributed by atoms with Gasteiger partial charge in [-0.2, -0.15) is 0 Å². The third-order valence-electron chi connectivity index (χ3n) is 3.06. The fourth-order valence-corrected chi connectivity index (χ4v) is 3.78.